The number of carbonyl (C=O) groups is 2. The van der Waals surface area contributed by atoms with Gasteiger partial charge in [0.1, 0.15) is 5.76 Å². The monoisotopic (exact) mass is 426 g/mol. The zero-order valence-electron chi connectivity index (χ0n) is 18.7. The van der Waals surface area contributed by atoms with Gasteiger partial charge < -0.3 is 19.0 Å². The summed E-state index contributed by atoms with van der Waals surface area (Å²) in [6.07, 6.45) is 5.12. The standard InChI is InChI=1S/C25H34N2O4/c1-3-14-26(25(29)23(4-2)20-10-6-5-7-11-20)19-24(28)27(17-21-12-8-15-30-21)18-22-13-9-16-31-22/h5-8,10-12,15,22-23H,3-4,9,13-14,16-19H2,1-2H3/t22-,23+/m0/s1. The minimum atomic E-state index is -0.239. The van der Waals surface area contributed by atoms with Gasteiger partial charge in [-0.05, 0) is 43.4 Å². The molecule has 6 heteroatoms. The van der Waals surface area contributed by atoms with Gasteiger partial charge in [-0.2, -0.15) is 0 Å². The molecule has 2 amide bonds. The Morgan fingerprint density at radius 2 is 1.90 bits per heavy atom. The van der Waals surface area contributed by atoms with Gasteiger partial charge in [0, 0.05) is 19.7 Å². The van der Waals surface area contributed by atoms with E-state index in [1.54, 1.807) is 16.1 Å². The molecule has 2 aromatic rings. The molecule has 168 valence electrons. The number of ether oxygens (including phenoxy) is 1. The van der Waals surface area contributed by atoms with Crippen molar-refractivity contribution in [2.75, 3.05) is 26.2 Å². The molecule has 0 aliphatic carbocycles. The van der Waals surface area contributed by atoms with Crippen LogP contribution in [-0.2, 0) is 20.9 Å². The van der Waals surface area contributed by atoms with Crippen molar-refractivity contribution in [3.8, 4) is 0 Å². The molecule has 1 aliphatic heterocycles. The number of hydrogen-bond donors (Lipinski definition) is 0. The van der Waals surface area contributed by atoms with Crippen molar-refractivity contribution in [3.63, 3.8) is 0 Å². The highest BCUT2D eigenvalue weighted by atomic mass is 16.5. The zero-order valence-corrected chi connectivity index (χ0v) is 18.7. The van der Waals surface area contributed by atoms with Crippen LogP contribution in [0, 0.1) is 0 Å². The summed E-state index contributed by atoms with van der Waals surface area (Å²) in [5.74, 6) is 0.434. The highest BCUT2D eigenvalue weighted by Gasteiger charge is 2.29. The minimum absolute atomic E-state index is 0.0129. The average Bonchev–Trinajstić information content (AvgIpc) is 3.48. The second-order valence-corrected chi connectivity index (χ2v) is 8.12. The maximum atomic E-state index is 13.4. The largest absolute Gasteiger partial charge is 0.467 e. The summed E-state index contributed by atoms with van der Waals surface area (Å²) in [5, 5.41) is 0. The first-order valence-electron chi connectivity index (χ1n) is 11.4. The molecular formula is C25H34N2O4. The topological polar surface area (TPSA) is 63.0 Å². The van der Waals surface area contributed by atoms with Crippen LogP contribution in [0.2, 0.25) is 0 Å². The SMILES string of the molecule is CCCN(CC(=O)N(Cc1ccco1)C[C@@H]1CCCO1)C(=O)[C@H](CC)c1ccccc1. The summed E-state index contributed by atoms with van der Waals surface area (Å²) in [6.45, 7) is 6.32. The lowest BCUT2D eigenvalue weighted by Crippen LogP contribution is -2.46. The number of hydrogen-bond acceptors (Lipinski definition) is 4. The predicted octanol–water partition coefficient (Wildman–Crippen LogP) is 4.22. The Kier molecular flexibility index (Phi) is 8.71. The fourth-order valence-electron chi connectivity index (χ4n) is 4.14. The number of amides is 2. The summed E-state index contributed by atoms with van der Waals surface area (Å²) in [7, 11) is 0. The van der Waals surface area contributed by atoms with Gasteiger partial charge in [-0.15, -0.1) is 0 Å². The van der Waals surface area contributed by atoms with Crippen molar-refractivity contribution in [1.82, 2.24) is 9.80 Å². The molecular weight excluding hydrogens is 392 g/mol. The number of nitrogens with zero attached hydrogens (tertiary/aromatic N) is 2. The Morgan fingerprint density at radius 3 is 2.52 bits per heavy atom. The normalized spacial score (nSPS) is 16.8. The van der Waals surface area contributed by atoms with Crippen LogP contribution in [0.4, 0.5) is 0 Å². The van der Waals surface area contributed by atoms with Gasteiger partial charge in [-0.3, -0.25) is 9.59 Å². The third kappa shape index (κ3) is 6.44. The molecule has 0 N–H and O–H groups in total. The summed E-state index contributed by atoms with van der Waals surface area (Å²) in [5.41, 5.74) is 0.996. The van der Waals surface area contributed by atoms with Crippen molar-refractivity contribution < 1.29 is 18.7 Å². The minimum Gasteiger partial charge on any atom is -0.467 e. The number of benzene rings is 1. The van der Waals surface area contributed by atoms with Crippen LogP contribution in [0.1, 0.15) is 56.8 Å². The molecule has 0 radical (unpaired) electrons. The molecule has 6 nitrogen and oxygen atoms in total. The first-order valence-corrected chi connectivity index (χ1v) is 11.4. The lowest BCUT2D eigenvalue weighted by molar-refractivity contribution is -0.142. The maximum absolute atomic E-state index is 13.4. The first-order chi connectivity index (χ1) is 15.1. The van der Waals surface area contributed by atoms with E-state index in [1.807, 2.05) is 56.3 Å². The molecule has 2 atom stereocenters. The van der Waals surface area contributed by atoms with E-state index in [2.05, 4.69) is 0 Å². The highest BCUT2D eigenvalue weighted by Crippen LogP contribution is 2.23. The molecule has 0 bridgehead atoms. The van der Waals surface area contributed by atoms with Crippen LogP contribution < -0.4 is 0 Å². The molecule has 0 saturated carbocycles. The Balaban J connectivity index is 1.73. The molecule has 1 aromatic carbocycles. The number of carbonyl (C=O) groups excluding carboxylic acids is 2. The van der Waals surface area contributed by atoms with E-state index < -0.39 is 0 Å². The van der Waals surface area contributed by atoms with Crippen molar-refractivity contribution in [2.45, 2.75) is 58.1 Å². The van der Waals surface area contributed by atoms with Gasteiger partial charge in [-0.1, -0.05) is 44.2 Å². The second kappa shape index (κ2) is 11.7. The van der Waals surface area contributed by atoms with E-state index in [0.29, 0.717) is 26.1 Å². The first kappa shape index (κ1) is 23.1. The van der Waals surface area contributed by atoms with Crippen LogP contribution in [0.15, 0.2) is 53.1 Å². The van der Waals surface area contributed by atoms with Gasteiger partial charge >= 0.3 is 0 Å². The molecule has 1 aromatic heterocycles. The van der Waals surface area contributed by atoms with Crippen molar-refractivity contribution in [3.05, 3.63) is 60.1 Å². The fraction of sp³-hybridized carbons (Fsp3) is 0.520. The average molecular weight is 427 g/mol. The van der Waals surface area contributed by atoms with Crippen LogP contribution in [0.5, 0.6) is 0 Å². The molecule has 2 heterocycles. The molecule has 1 saturated heterocycles. The third-order valence-corrected chi connectivity index (χ3v) is 5.77. The van der Waals surface area contributed by atoms with Crippen molar-refractivity contribution >= 4 is 11.8 Å². The lowest BCUT2D eigenvalue weighted by atomic mass is 9.95. The Hall–Kier alpha value is -2.60. The van der Waals surface area contributed by atoms with E-state index in [1.165, 1.54) is 0 Å². The van der Waals surface area contributed by atoms with Crippen LogP contribution in [0.25, 0.3) is 0 Å². The quantitative estimate of drug-likeness (QED) is 0.540. The van der Waals surface area contributed by atoms with Gasteiger partial charge in [0.15, 0.2) is 0 Å². The smallest absolute Gasteiger partial charge is 0.242 e. The van der Waals surface area contributed by atoms with Crippen molar-refractivity contribution in [1.29, 1.82) is 0 Å². The van der Waals surface area contributed by atoms with E-state index in [-0.39, 0.29) is 30.4 Å². The molecule has 0 unspecified atom stereocenters. The molecule has 1 aliphatic rings. The van der Waals surface area contributed by atoms with Gasteiger partial charge in [0.25, 0.3) is 0 Å². The van der Waals surface area contributed by atoms with Crippen molar-refractivity contribution in [2.24, 2.45) is 0 Å². The van der Waals surface area contributed by atoms with E-state index in [4.69, 9.17) is 9.15 Å². The lowest BCUT2D eigenvalue weighted by Gasteiger charge is -2.30. The van der Waals surface area contributed by atoms with Crippen LogP contribution in [0.3, 0.4) is 0 Å². The third-order valence-electron chi connectivity index (χ3n) is 5.77. The second-order valence-electron chi connectivity index (χ2n) is 8.12. The predicted molar refractivity (Wildman–Crippen MR) is 119 cm³/mol. The number of rotatable bonds is 11. The van der Waals surface area contributed by atoms with E-state index >= 15 is 0 Å². The summed E-state index contributed by atoms with van der Waals surface area (Å²) in [4.78, 5) is 30.2. The molecule has 31 heavy (non-hydrogen) atoms. The van der Waals surface area contributed by atoms with Gasteiger partial charge in [0.05, 0.1) is 31.4 Å². The number of furan rings is 1. The summed E-state index contributed by atoms with van der Waals surface area (Å²) in [6, 6.07) is 13.5. The van der Waals surface area contributed by atoms with E-state index in [0.717, 1.165) is 37.2 Å². The fourth-order valence-corrected chi connectivity index (χ4v) is 4.14. The summed E-state index contributed by atoms with van der Waals surface area (Å²) < 4.78 is 11.2. The summed E-state index contributed by atoms with van der Waals surface area (Å²) >= 11 is 0. The van der Waals surface area contributed by atoms with Gasteiger partial charge in [-0.25, -0.2) is 0 Å². The molecule has 1 fully saturated rings. The molecule has 0 spiro atoms. The van der Waals surface area contributed by atoms with Crippen LogP contribution in [-0.4, -0.2) is 54.0 Å². The molecule has 3 rings (SSSR count). The van der Waals surface area contributed by atoms with Gasteiger partial charge in [0.2, 0.25) is 11.8 Å². The van der Waals surface area contributed by atoms with Crippen LogP contribution >= 0.6 is 0 Å². The Morgan fingerprint density at radius 1 is 1.10 bits per heavy atom. The maximum Gasteiger partial charge on any atom is 0.242 e. The Labute approximate surface area is 185 Å². The zero-order chi connectivity index (χ0) is 22.1. The Bertz CT molecular complexity index is 800. The highest BCUT2D eigenvalue weighted by molar-refractivity contribution is 5.88. The van der Waals surface area contributed by atoms with E-state index in [9.17, 15) is 9.59 Å².